The quantitative estimate of drug-likeness (QED) is 0.255. The Hall–Kier alpha value is 0.930. The molecule has 0 atom stereocenters. The number of rotatable bonds is 14. The van der Waals surface area contributed by atoms with Gasteiger partial charge in [-0.25, -0.2) is 0 Å². The van der Waals surface area contributed by atoms with Crippen LogP contribution in [0.3, 0.4) is 0 Å². The van der Waals surface area contributed by atoms with Crippen LogP contribution in [0.15, 0.2) is 0 Å². The first-order valence-electron chi connectivity index (χ1n) is 7.85. The van der Waals surface area contributed by atoms with E-state index in [9.17, 15) is 4.79 Å². The second kappa shape index (κ2) is 20.3. The number of carbonyl (C=O) groups excluding carboxylic acids is 1. The Kier molecular flexibility index (Phi) is 23.9. The molecule has 18 heavy (non-hydrogen) atoms. The van der Waals surface area contributed by atoms with Gasteiger partial charge in [-0.2, -0.15) is 0 Å². The van der Waals surface area contributed by atoms with Gasteiger partial charge in [-0.3, -0.25) is 0 Å². The number of unbranched alkanes of at least 4 members (excludes halogenated alkanes) is 13. The van der Waals surface area contributed by atoms with Gasteiger partial charge in [-0.15, -0.1) is 0 Å². The fourth-order valence-corrected chi connectivity index (χ4v) is 2.25. The van der Waals surface area contributed by atoms with Crippen molar-refractivity contribution in [1.82, 2.24) is 0 Å². The zero-order valence-corrected chi connectivity index (χ0v) is 11.9. The number of hydrogen-bond donors (Lipinski definition) is 0. The summed E-state index contributed by atoms with van der Waals surface area (Å²) < 4.78 is 0. The molecular formula is C16H34CaO. The summed E-state index contributed by atoms with van der Waals surface area (Å²) in [5.74, 6) is 0. The van der Waals surface area contributed by atoms with Crippen molar-refractivity contribution >= 4 is 44.0 Å². The predicted octanol–water partition coefficient (Wildman–Crippen LogP) is 4.75. The molecule has 0 aromatic rings. The minimum absolute atomic E-state index is 0. The maximum atomic E-state index is 10.1. The second-order valence-corrected chi connectivity index (χ2v) is 5.20. The summed E-state index contributed by atoms with van der Waals surface area (Å²) in [6.45, 7) is 2.27. The summed E-state index contributed by atoms with van der Waals surface area (Å²) >= 11 is 0. The van der Waals surface area contributed by atoms with Gasteiger partial charge in [0, 0.05) is 6.42 Å². The molecule has 0 aliphatic heterocycles. The fraction of sp³-hybridized carbons (Fsp3) is 0.938. The molecule has 0 bridgehead atoms. The average Bonchev–Trinajstić information content (AvgIpc) is 2.35. The molecule has 1 nitrogen and oxygen atoms in total. The van der Waals surface area contributed by atoms with Gasteiger partial charge < -0.3 is 4.79 Å². The van der Waals surface area contributed by atoms with Crippen LogP contribution in [0.4, 0.5) is 0 Å². The molecule has 0 aromatic carbocycles. The number of hydrogen-bond acceptors (Lipinski definition) is 1. The molecular weight excluding hydrogens is 248 g/mol. The molecule has 0 unspecified atom stereocenters. The molecule has 0 aliphatic rings. The summed E-state index contributed by atoms with van der Waals surface area (Å²) in [6, 6.07) is 0. The summed E-state index contributed by atoms with van der Waals surface area (Å²) in [7, 11) is 0. The minimum atomic E-state index is 0. The SMILES string of the molecule is CCCCCCCCCCCCCCCC=O.[CaH2]. The van der Waals surface area contributed by atoms with E-state index in [0.29, 0.717) is 0 Å². The van der Waals surface area contributed by atoms with Crippen molar-refractivity contribution in [2.75, 3.05) is 0 Å². The van der Waals surface area contributed by atoms with Crippen molar-refractivity contribution in [2.45, 2.75) is 96.8 Å². The van der Waals surface area contributed by atoms with Crippen molar-refractivity contribution in [1.29, 1.82) is 0 Å². The predicted molar refractivity (Wildman–Crippen MR) is 84.9 cm³/mol. The van der Waals surface area contributed by atoms with Crippen LogP contribution in [0.2, 0.25) is 0 Å². The van der Waals surface area contributed by atoms with Crippen LogP contribution in [-0.2, 0) is 4.79 Å². The van der Waals surface area contributed by atoms with Crippen LogP contribution in [-0.4, -0.2) is 44.0 Å². The Balaban J connectivity index is 0. The molecule has 0 N–H and O–H groups in total. The van der Waals surface area contributed by atoms with Gasteiger partial charge in [0.05, 0.1) is 0 Å². The van der Waals surface area contributed by atoms with Crippen LogP contribution in [0.5, 0.6) is 0 Å². The van der Waals surface area contributed by atoms with Gasteiger partial charge in [-0.05, 0) is 6.42 Å². The van der Waals surface area contributed by atoms with E-state index in [2.05, 4.69) is 6.92 Å². The zero-order chi connectivity index (χ0) is 12.6. The molecule has 0 saturated carbocycles. The van der Waals surface area contributed by atoms with Gasteiger partial charge in [0.1, 0.15) is 6.29 Å². The number of aldehydes is 1. The van der Waals surface area contributed by atoms with E-state index in [1.807, 2.05) is 0 Å². The van der Waals surface area contributed by atoms with Crippen LogP contribution < -0.4 is 0 Å². The summed E-state index contributed by atoms with van der Waals surface area (Å²) in [5.41, 5.74) is 0. The van der Waals surface area contributed by atoms with Crippen molar-refractivity contribution in [2.24, 2.45) is 0 Å². The Bertz CT molecular complexity index is 148. The normalized spacial score (nSPS) is 10.1. The van der Waals surface area contributed by atoms with Crippen LogP contribution in [0, 0.1) is 0 Å². The van der Waals surface area contributed by atoms with Crippen molar-refractivity contribution in [3.63, 3.8) is 0 Å². The third-order valence-electron chi connectivity index (χ3n) is 3.43. The Morgan fingerprint density at radius 1 is 0.611 bits per heavy atom. The maximum absolute atomic E-state index is 10.1. The van der Waals surface area contributed by atoms with E-state index in [0.717, 1.165) is 19.1 Å². The number of carbonyl (C=O) groups is 1. The Labute approximate surface area is 144 Å². The Morgan fingerprint density at radius 2 is 0.944 bits per heavy atom. The molecule has 0 saturated heterocycles. The fourth-order valence-electron chi connectivity index (χ4n) is 2.25. The summed E-state index contributed by atoms with van der Waals surface area (Å²) in [6.07, 6.45) is 19.6. The van der Waals surface area contributed by atoms with Crippen molar-refractivity contribution in [3.8, 4) is 0 Å². The molecule has 0 spiro atoms. The second-order valence-electron chi connectivity index (χ2n) is 5.20. The molecule has 0 aromatic heterocycles. The molecule has 0 heterocycles. The zero-order valence-electron chi connectivity index (χ0n) is 11.9. The summed E-state index contributed by atoms with van der Waals surface area (Å²) in [4.78, 5) is 10.1. The first-order chi connectivity index (χ1) is 8.41. The summed E-state index contributed by atoms with van der Waals surface area (Å²) in [5, 5.41) is 0. The first kappa shape index (κ1) is 21.2. The Morgan fingerprint density at radius 3 is 1.28 bits per heavy atom. The third kappa shape index (κ3) is 19.3. The van der Waals surface area contributed by atoms with Gasteiger partial charge in [-0.1, -0.05) is 84.0 Å². The average molecular weight is 283 g/mol. The van der Waals surface area contributed by atoms with Crippen LogP contribution in [0.25, 0.3) is 0 Å². The topological polar surface area (TPSA) is 17.1 Å². The van der Waals surface area contributed by atoms with E-state index in [4.69, 9.17) is 0 Å². The van der Waals surface area contributed by atoms with Crippen LogP contribution in [0.1, 0.15) is 96.8 Å². The van der Waals surface area contributed by atoms with E-state index in [1.165, 1.54) is 77.0 Å². The monoisotopic (exact) mass is 282 g/mol. The van der Waals surface area contributed by atoms with E-state index in [-0.39, 0.29) is 37.7 Å². The van der Waals surface area contributed by atoms with Crippen LogP contribution >= 0.6 is 0 Å². The molecule has 0 radical (unpaired) electrons. The van der Waals surface area contributed by atoms with Gasteiger partial charge >= 0.3 is 37.7 Å². The van der Waals surface area contributed by atoms with Crippen molar-refractivity contribution in [3.05, 3.63) is 0 Å². The van der Waals surface area contributed by atoms with E-state index in [1.54, 1.807) is 0 Å². The van der Waals surface area contributed by atoms with Gasteiger partial charge in [0.15, 0.2) is 0 Å². The standard InChI is InChI=1S/C16H32O.Ca.2H/c1-2-3-4-5-6-7-8-9-10-11-12-13-14-15-16-17;;;/h16H,2-15H2,1H3;;;. The molecule has 106 valence electrons. The van der Waals surface area contributed by atoms with E-state index >= 15 is 0 Å². The molecule has 2 heteroatoms. The molecule has 0 aliphatic carbocycles. The van der Waals surface area contributed by atoms with Gasteiger partial charge in [0.25, 0.3) is 0 Å². The molecule has 0 amide bonds. The van der Waals surface area contributed by atoms with Gasteiger partial charge in [0.2, 0.25) is 0 Å². The molecule has 0 fully saturated rings. The van der Waals surface area contributed by atoms with Crippen molar-refractivity contribution < 1.29 is 4.79 Å². The van der Waals surface area contributed by atoms with E-state index < -0.39 is 0 Å². The first-order valence-corrected chi connectivity index (χ1v) is 7.85. The third-order valence-corrected chi connectivity index (χ3v) is 3.43. The molecule has 0 rings (SSSR count).